The van der Waals surface area contributed by atoms with Crippen molar-refractivity contribution in [2.24, 2.45) is 40.2 Å². The third kappa shape index (κ3) is 9.39. The van der Waals surface area contributed by atoms with Crippen molar-refractivity contribution in [3.8, 4) is 0 Å². The van der Waals surface area contributed by atoms with Crippen LogP contribution in [0.4, 0.5) is 4.79 Å². The largest absolute Gasteiger partial charge is 0.459 e. The van der Waals surface area contributed by atoms with Crippen LogP contribution in [0, 0.1) is 34.5 Å². The van der Waals surface area contributed by atoms with E-state index in [0.717, 1.165) is 18.4 Å². The lowest BCUT2D eigenvalue weighted by Gasteiger charge is -2.41. The summed E-state index contributed by atoms with van der Waals surface area (Å²) < 4.78 is 5.71. The van der Waals surface area contributed by atoms with E-state index in [1.165, 1.54) is 0 Å². The Bertz CT molecular complexity index is 1380. The summed E-state index contributed by atoms with van der Waals surface area (Å²) in [4.78, 5) is 67.3. The van der Waals surface area contributed by atoms with Crippen LogP contribution in [0.15, 0.2) is 30.3 Å². The fourth-order valence-corrected chi connectivity index (χ4v) is 7.17. The number of likely N-dealkylation sites (tertiary alicyclic amines) is 1. The van der Waals surface area contributed by atoms with E-state index in [2.05, 4.69) is 16.0 Å². The van der Waals surface area contributed by atoms with Crippen molar-refractivity contribution in [3.63, 3.8) is 0 Å². The van der Waals surface area contributed by atoms with Crippen LogP contribution < -0.4 is 21.7 Å². The number of benzene rings is 1. The zero-order valence-corrected chi connectivity index (χ0v) is 30.4. The van der Waals surface area contributed by atoms with Gasteiger partial charge in [0.15, 0.2) is 0 Å². The molecule has 1 aromatic carbocycles. The van der Waals surface area contributed by atoms with Crippen LogP contribution in [0.5, 0.6) is 0 Å². The molecule has 0 bridgehead atoms. The van der Waals surface area contributed by atoms with Gasteiger partial charge < -0.3 is 31.5 Å². The topological polar surface area (TPSA) is 180 Å². The molecular weight excluding hydrogens is 626 g/mol. The van der Waals surface area contributed by atoms with Crippen LogP contribution >= 0.6 is 0 Å². The molecule has 49 heavy (non-hydrogen) atoms. The van der Waals surface area contributed by atoms with E-state index in [0.29, 0.717) is 25.8 Å². The average Bonchev–Trinajstić information content (AvgIpc) is 3.93. The van der Waals surface area contributed by atoms with Gasteiger partial charge in [0.25, 0.3) is 5.91 Å². The minimum absolute atomic E-state index is 0.0511. The Morgan fingerprint density at radius 2 is 1.65 bits per heavy atom. The Labute approximate surface area is 290 Å². The van der Waals surface area contributed by atoms with Gasteiger partial charge in [-0.1, -0.05) is 98.6 Å². The normalized spacial score (nSPS) is 26.0. The van der Waals surface area contributed by atoms with Gasteiger partial charge in [0.05, 0.1) is 18.1 Å². The Balaban J connectivity index is 1.52. The summed E-state index contributed by atoms with van der Waals surface area (Å²) in [5, 5.41) is 20.6. The Morgan fingerprint density at radius 1 is 1.02 bits per heavy atom. The first-order valence-corrected chi connectivity index (χ1v) is 17.6. The fraction of sp³-hybridized carbons (Fsp3) is 0.703. The Hall–Kier alpha value is -3.51. The summed E-state index contributed by atoms with van der Waals surface area (Å²) in [6.07, 6.45) is 1.73. The summed E-state index contributed by atoms with van der Waals surface area (Å²) in [5.41, 5.74) is 3.94. The number of carbonyl (C=O) groups is 5. The summed E-state index contributed by atoms with van der Waals surface area (Å²) in [5.74, 6) is -2.58. The molecule has 2 saturated carbocycles. The SMILES string of the molecule is CC(C)[C@@H]1C[C@@H](C(=O)NC(CC2CC2)C(=O)C(N)=O)N(C(O)[C@@H](NC(=O)NC2(C(=O)OCc3ccccc3)C[C@@H]2C(C)(C)C)C(C)(C)C)C1. The standard InChI is InChI=1S/C37H57N5O7/c1-21(2)24-17-26(31(45)39-25(16-22-14-15-22)28(43)30(38)44)42(19-24)32(46)29(36(6,7)8)40-34(48)41-37(18-27(37)35(3,4)5)33(47)49-20-23-12-10-9-11-13-23/h9-13,21-22,24-27,29,32,46H,14-20H2,1-8H3,(H2,38,44)(H,39,45)(H2,40,41,48)/t24-,25?,26+,27-,29-,32?,37?/m1/s1. The summed E-state index contributed by atoms with van der Waals surface area (Å²) in [6, 6.07) is 6.00. The summed E-state index contributed by atoms with van der Waals surface area (Å²) in [7, 11) is 0. The van der Waals surface area contributed by atoms with Gasteiger partial charge in [0.1, 0.15) is 18.4 Å². The predicted octanol–water partition coefficient (Wildman–Crippen LogP) is 3.25. The summed E-state index contributed by atoms with van der Waals surface area (Å²) >= 11 is 0. The van der Waals surface area contributed by atoms with Crippen molar-refractivity contribution < 1.29 is 33.8 Å². The number of hydrogen-bond donors (Lipinski definition) is 5. The van der Waals surface area contributed by atoms with Gasteiger partial charge in [-0.2, -0.15) is 0 Å². The minimum Gasteiger partial charge on any atom is -0.459 e. The van der Waals surface area contributed by atoms with Gasteiger partial charge in [0.2, 0.25) is 11.7 Å². The number of nitrogens with one attached hydrogen (secondary N) is 3. The first-order valence-electron chi connectivity index (χ1n) is 17.6. The number of rotatable bonds is 14. The average molecular weight is 684 g/mol. The molecular formula is C37H57N5O7. The van der Waals surface area contributed by atoms with Crippen molar-refractivity contribution in [1.29, 1.82) is 0 Å². The van der Waals surface area contributed by atoms with Crippen molar-refractivity contribution in [3.05, 3.63) is 35.9 Å². The highest BCUT2D eigenvalue weighted by molar-refractivity contribution is 6.37. The predicted molar refractivity (Wildman–Crippen MR) is 184 cm³/mol. The number of aliphatic hydroxyl groups excluding tert-OH is 1. The molecule has 6 N–H and O–H groups in total. The van der Waals surface area contributed by atoms with Gasteiger partial charge in [0, 0.05) is 12.5 Å². The van der Waals surface area contributed by atoms with Gasteiger partial charge in [-0.3, -0.25) is 19.3 Å². The highest BCUT2D eigenvalue weighted by Crippen LogP contribution is 2.54. The fourth-order valence-electron chi connectivity index (χ4n) is 7.17. The Morgan fingerprint density at radius 3 is 2.16 bits per heavy atom. The molecule has 4 amide bonds. The lowest BCUT2D eigenvalue weighted by molar-refractivity contribution is -0.149. The molecule has 3 aliphatic rings. The molecule has 3 fully saturated rings. The molecule has 272 valence electrons. The zero-order chi connectivity index (χ0) is 36.5. The maximum atomic E-state index is 13.8. The van der Waals surface area contributed by atoms with E-state index in [9.17, 15) is 29.1 Å². The number of nitrogens with zero attached hydrogens (tertiary/aromatic N) is 1. The first kappa shape index (κ1) is 38.3. The van der Waals surface area contributed by atoms with Crippen molar-refractivity contribution >= 4 is 29.6 Å². The van der Waals surface area contributed by atoms with Crippen LogP contribution in [0.2, 0.25) is 0 Å². The molecule has 7 atom stereocenters. The second kappa shape index (κ2) is 14.8. The van der Waals surface area contributed by atoms with E-state index in [1.807, 2.05) is 85.7 Å². The zero-order valence-electron chi connectivity index (χ0n) is 30.4. The molecule has 1 aromatic rings. The molecule has 0 spiro atoms. The molecule has 1 saturated heterocycles. The third-order valence-electron chi connectivity index (χ3n) is 10.5. The molecule has 0 aromatic heterocycles. The highest BCUT2D eigenvalue weighted by Gasteiger charge is 2.66. The van der Waals surface area contributed by atoms with Crippen LogP contribution in [-0.4, -0.2) is 76.0 Å². The van der Waals surface area contributed by atoms with Crippen LogP contribution in [0.1, 0.15) is 93.1 Å². The molecule has 12 heteroatoms. The number of esters is 1. The second-order valence-corrected chi connectivity index (χ2v) is 16.9. The van der Waals surface area contributed by atoms with E-state index < -0.39 is 64.9 Å². The molecule has 1 heterocycles. The number of aliphatic hydroxyl groups is 1. The number of ether oxygens (including phenoxy) is 1. The maximum absolute atomic E-state index is 13.8. The number of hydrogen-bond acceptors (Lipinski definition) is 8. The van der Waals surface area contributed by atoms with Gasteiger partial charge in [-0.05, 0) is 53.4 Å². The van der Waals surface area contributed by atoms with Crippen LogP contribution in [0.3, 0.4) is 0 Å². The number of primary amides is 1. The lowest BCUT2D eigenvalue weighted by Crippen LogP contribution is -2.63. The molecule has 4 rings (SSSR count). The van der Waals surface area contributed by atoms with Gasteiger partial charge >= 0.3 is 12.0 Å². The number of carbonyl (C=O) groups excluding carboxylic acids is 5. The van der Waals surface area contributed by atoms with E-state index >= 15 is 0 Å². The quantitative estimate of drug-likeness (QED) is 0.146. The second-order valence-electron chi connectivity index (χ2n) is 16.9. The molecule has 1 aliphatic heterocycles. The number of nitrogens with two attached hydrogens (primary N) is 1. The first-order chi connectivity index (χ1) is 22.7. The van der Waals surface area contributed by atoms with E-state index in [-0.39, 0.29) is 35.7 Å². The van der Waals surface area contributed by atoms with Crippen LogP contribution in [-0.2, 0) is 30.5 Å². The molecule has 2 aliphatic carbocycles. The lowest BCUT2D eigenvalue weighted by atomic mass is 9.85. The maximum Gasteiger partial charge on any atom is 0.332 e. The smallest absolute Gasteiger partial charge is 0.332 e. The highest BCUT2D eigenvalue weighted by atomic mass is 16.5. The third-order valence-corrected chi connectivity index (χ3v) is 10.5. The van der Waals surface area contributed by atoms with Gasteiger partial charge in [-0.15, -0.1) is 0 Å². The summed E-state index contributed by atoms with van der Waals surface area (Å²) in [6.45, 7) is 16.2. The van der Waals surface area contributed by atoms with Crippen LogP contribution in [0.25, 0.3) is 0 Å². The number of urea groups is 1. The van der Waals surface area contributed by atoms with Gasteiger partial charge in [-0.25, -0.2) is 9.59 Å². The van der Waals surface area contributed by atoms with Crippen molar-refractivity contribution in [2.75, 3.05) is 6.54 Å². The Kier molecular flexibility index (Phi) is 11.5. The van der Waals surface area contributed by atoms with E-state index in [1.54, 1.807) is 4.90 Å². The van der Waals surface area contributed by atoms with E-state index in [4.69, 9.17) is 10.5 Å². The number of amides is 4. The number of ketones is 1. The molecule has 3 unspecified atom stereocenters. The minimum atomic E-state index is -1.29. The number of Topliss-reactive ketones (excluding diaryl/α,β-unsaturated/α-hetero) is 1. The van der Waals surface area contributed by atoms with Crippen molar-refractivity contribution in [2.45, 2.75) is 124 Å². The molecule has 0 radical (unpaired) electrons. The molecule has 12 nitrogen and oxygen atoms in total. The monoisotopic (exact) mass is 683 g/mol. The van der Waals surface area contributed by atoms with Crippen molar-refractivity contribution in [1.82, 2.24) is 20.9 Å².